The van der Waals surface area contributed by atoms with E-state index in [0.29, 0.717) is 18.5 Å². The van der Waals surface area contributed by atoms with Gasteiger partial charge in [0.25, 0.3) is 0 Å². The Hall–Kier alpha value is -3.13. The van der Waals surface area contributed by atoms with E-state index in [-0.39, 0.29) is 0 Å². The predicted molar refractivity (Wildman–Crippen MR) is 118 cm³/mol. The van der Waals surface area contributed by atoms with E-state index in [9.17, 15) is 0 Å². The zero-order valence-electron chi connectivity index (χ0n) is 17.0. The first-order valence-corrected chi connectivity index (χ1v) is 10.6. The first-order chi connectivity index (χ1) is 14.2. The highest BCUT2D eigenvalue weighted by atomic mass is 32.2. The molecule has 0 saturated carbocycles. The molecule has 8 heteroatoms. The van der Waals surface area contributed by atoms with Crippen LogP contribution in [0.5, 0.6) is 6.01 Å². The number of benzene rings is 1. The van der Waals surface area contributed by atoms with E-state index in [4.69, 9.17) is 4.18 Å². The summed E-state index contributed by atoms with van der Waals surface area (Å²) in [7, 11) is 0. The maximum absolute atomic E-state index is 5.40. The molecule has 0 bridgehead atoms. The molecule has 0 aliphatic rings. The summed E-state index contributed by atoms with van der Waals surface area (Å²) in [6.07, 6.45) is 5.39. The fourth-order valence-corrected chi connectivity index (χ4v) is 2.93. The molecule has 0 spiro atoms. The first-order valence-electron chi connectivity index (χ1n) is 9.42. The summed E-state index contributed by atoms with van der Waals surface area (Å²) in [5, 5.41) is 7.66. The minimum Gasteiger partial charge on any atom is -0.389 e. The lowest BCUT2D eigenvalue weighted by molar-refractivity contribution is 0.584. The predicted octanol–water partition coefficient (Wildman–Crippen LogP) is 4.79. The SMILES string of the molecule is CC.CSOc1nc(NCc2ccc(-c3ccccn3)cc2)n2ncc(C)c2n1. The van der Waals surface area contributed by atoms with E-state index in [1.165, 1.54) is 12.0 Å². The molecule has 1 aromatic carbocycles. The van der Waals surface area contributed by atoms with Gasteiger partial charge in [-0.2, -0.15) is 19.6 Å². The van der Waals surface area contributed by atoms with Crippen LogP contribution in [-0.4, -0.2) is 30.8 Å². The highest BCUT2D eigenvalue weighted by Crippen LogP contribution is 2.20. The Morgan fingerprint density at radius 2 is 1.86 bits per heavy atom. The van der Waals surface area contributed by atoms with Gasteiger partial charge in [0.2, 0.25) is 5.95 Å². The Kier molecular flexibility index (Phi) is 7.02. The number of rotatable bonds is 6. The van der Waals surface area contributed by atoms with Crippen molar-refractivity contribution >= 4 is 23.6 Å². The van der Waals surface area contributed by atoms with Crippen molar-refractivity contribution in [3.05, 3.63) is 66.0 Å². The molecule has 0 radical (unpaired) electrons. The van der Waals surface area contributed by atoms with Crippen LogP contribution in [0.2, 0.25) is 0 Å². The third kappa shape index (κ3) is 4.83. The second-order valence-electron chi connectivity index (χ2n) is 5.91. The molecule has 7 nitrogen and oxygen atoms in total. The third-order valence-electron chi connectivity index (χ3n) is 4.05. The van der Waals surface area contributed by atoms with Gasteiger partial charge in [-0.05, 0) is 24.6 Å². The number of hydrogen-bond acceptors (Lipinski definition) is 7. The van der Waals surface area contributed by atoms with Crippen molar-refractivity contribution in [1.29, 1.82) is 0 Å². The van der Waals surface area contributed by atoms with Crippen molar-refractivity contribution in [3.63, 3.8) is 0 Å². The van der Waals surface area contributed by atoms with Gasteiger partial charge in [-0.3, -0.25) is 4.98 Å². The van der Waals surface area contributed by atoms with Crippen LogP contribution in [0, 0.1) is 6.92 Å². The monoisotopic (exact) mass is 408 g/mol. The molecule has 0 aliphatic heterocycles. The molecule has 1 N–H and O–H groups in total. The molecule has 29 heavy (non-hydrogen) atoms. The second-order valence-corrected chi connectivity index (χ2v) is 6.41. The van der Waals surface area contributed by atoms with Crippen LogP contribution >= 0.6 is 12.0 Å². The number of pyridine rings is 1. The van der Waals surface area contributed by atoms with Gasteiger partial charge in [0.05, 0.1) is 23.9 Å². The zero-order chi connectivity index (χ0) is 20.6. The Bertz CT molecular complexity index is 1050. The average Bonchev–Trinajstić information content (AvgIpc) is 3.16. The smallest absolute Gasteiger partial charge is 0.334 e. The highest BCUT2D eigenvalue weighted by Gasteiger charge is 2.12. The van der Waals surface area contributed by atoms with Gasteiger partial charge in [0.1, 0.15) is 0 Å². The molecule has 3 aromatic heterocycles. The van der Waals surface area contributed by atoms with Gasteiger partial charge in [-0.25, -0.2) is 0 Å². The zero-order valence-corrected chi connectivity index (χ0v) is 17.8. The van der Waals surface area contributed by atoms with Gasteiger partial charge in [-0.15, -0.1) is 0 Å². The fraction of sp³-hybridized carbons (Fsp3) is 0.238. The van der Waals surface area contributed by atoms with Crippen molar-refractivity contribution in [1.82, 2.24) is 24.6 Å². The van der Waals surface area contributed by atoms with Crippen molar-refractivity contribution in [2.24, 2.45) is 0 Å². The van der Waals surface area contributed by atoms with Gasteiger partial charge >= 0.3 is 6.01 Å². The van der Waals surface area contributed by atoms with Gasteiger partial charge in [0, 0.05) is 30.1 Å². The van der Waals surface area contributed by atoms with Crippen molar-refractivity contribution in [2.75, 3.05) is 11.6 Å². The largest absolute Gasteiger partial charge is 0.389 e. The molecule has 3 heterocycles. The first kappa shape index (κ1) is 20.6. The number of anilines is 1. The van der Waals surface area contributed by atoms with Crippen LogP contribution in [-0.2, 0) is 6.54 Å². The minimum absolute atomic E-state index is 0.312. The summed E-state index contributed by atoms with van der Waals surface area (Å²) in [5.74, 6) is 0.589. The minimum atomic E-state index is 0.312. The summed E-state index contributed by atoms with van der Waals surface area (Å²) >= 11 is 1.21. The Morgan fingerprint density at radius 1 is 1.07 bits per heavy atom. The lowest BCUT2D eigenvalue weighted by Gasteiger charge is -2.09. The average molecular weight is 409 g/mol. The van der Waals surface area contributed by atoms with E-state index in [2.05, 4.69) is 49.6 Å². The lowest BCUT2D eigenvalue weighted by Crippen LogP contribution is -2.09. The van der Waals surface area contributed by atoms with E-state index >= 15 is 0 Å². The Balaban J connectivity index is 0.00000117. The lowest BCUT2D eigenvalue weighted by atomic mass is 10.1. The van der Waals surface area contributed by atoms with Gasteiger partial charge < -0.3 is 9.50 Å². The standard InChI is InChI=1S/C19H18N6OS.C2H6/c1-13-11-22-25-17(13)23-19(26-27-2)24-18(25)21-12-14-6-8-15(9-7-14)16-5-3-4-10-20-16;1-2/h3-11H,12H2,1-2H3,(H,21,23,24);1-2H3. The Morgan fingerprint density at radius 3 is 2.55 bits per heavy atom. The van der Waals surface area contributed by atoms with Crippen molar-refractivity contribution < 1.29 is 4.18 Å². The molecule has 0 saturated heterocycles. The van der Waals surface area contributed by atoms with Crippen LogP contribution in [0.4, 0.5) is 5.95 Å². The number of aryl methyl sites for hydroxylation is 1. The maximum atomic E-state index is 5.40. The molecule has 0 amide bonds. The van der Waals surface area contributed by atoms with Gasteiger partial charge in [0.15, 0.2) is 5.65 Å². The van der Waals surface area contributed by atoms with E-state index in [0.717, 1.165) is 28.0 Å². The van der Waals surface area contributed by atoms with E-state index in [1.54, 1.807) is 16.9 Å². The van der Waals surface area contributed by atoms with E-state index in [1.807, 2.05) is 45.2 Å². The topological polar surface area (TPSA) is 77.2 Å². The quantitative estimate of drug-likeness (QED) is 0.460. The molecule has 0 unspecified atom stereocenters. The third-order valence-corrected chi connectivity index (χ3v) is 4.36. The summed E-state index contributed by atoms with van der Waals surface area (Å²) in [5.41, 5.74) is 4.85. The maximum Gasteiger partial charge on any atom is 0.334 e. The van der Waals surface area contributed by atoms with Gasteiger partial charge in [-0.1, -0.05) is 44.2 Å². The number of nitrogens with one attached hydrogen (secondary N) is 1. The molecule has 0 fully saturated rings. The van der Waals surface area contributed by atoms with Crippen LogP contribution < -0.4 is 9.50 Å². The molecular weight excluding hydrogens is 384 g/mol. The van der Waals surface area contributed by atoms with Crippen LogP contribution in [0.3, 0.4) is 0 Å². The molecule has 150 valence electrons. The molecule has 4 rings (SSSR count). The number of nitrogens with zero attached hydrogens (tertiary/aromatic N) is 5. The van der Waals surface area contributed by atoms with Crippen molar-refractivity contribution in [2.45, 2.75) is 27.3 Å². The van der Waals surface area contributed by atoms with E-state index < -0.39 is 0 Å². The van der Waals surface area contributed by atoms with Crippen molar-refractivity contribution in [3.8, 4) is 17.3 Å². The summed E-state index contributed by atoms with van der Waals surface area (Å²) in [4.78, 5) is 13.2. The van der Waals surface area contributed by atoms with Crippen LogP contribution in [0.25, 0.3) is 16.9 Å². The number of aromatic nitrogens is 5. The summed E-state index contributed by atoms with van der Waals surface area (Å²) < 4.78 is 7.09. The molecule has 0 atom stereocenters. The molecular formula is C21H24N6OS. The number of hydrogen-bond donors (Lipinski definition) is 1. The Labute approximate surface area is 174 Å². The molecule has 0 aliphatic carbocycles. The summed E-state index contributed by atoms with van der Waals surface area (Å²) in [6, 6.07) is 14.5. The second kappa shape index (κ2) is 9.88. The fourth-order valence-electron chi connectivity index (χ4n) is 2.70. The van der Waals surface area contributed by atoms with Crippen LogP contribution in [0.1, 0.15) is 25.0 Å². The summed E-state index contributed by atoms with van der Waals surface area (Å²) in [6.45, 7) is 6.56. The molecule has 4 aromatic rings. The normalized spacial score (nSPS) is 10.3. The highest BCUT2D eigenvalue weighted by molar-refractivity contribution is 7.94. The van der Waals surface area contributed by atoms with Crippen LogP contribution in [0.15, 0.2) is 54.9 Å². The number of fused-ring (bicyclic) bond motifs is 1.